The molecule has 6 nitrogen and oxygen atoms in total. The molecule has 0 radical (unpaired) electrons. The predicted octanol–water partition coefficient (Wildman–Crippen LogP) is 4.45. The van der Waals surface area contributed by atoms with Gasteiger partial charge >= 0.3 is 0 Å². The highest BCUT2D eigenvalue weighted by atomic mass is 32.2. The number of benzene rings is 2. The Morgan fingerprint density at radius 2 is 1.69 bits per heavy atom. The lowest BCUT2D eigenvalue weighted by Gasteiger charge is -2.31. The minimum atomic E-state index is -3.60. The fraction of sp³-hybridized carbons (Fsp3) is 0.286. The number of aromatic nitrogens is 1. The van der Waals surface area contributed by atoms with Crippen LogP contribution in [0.4, 0.5) is 5.69 Å². The molecule has 1 saturated heterocycles. The van der Waals surface area contributed by atoms with Gasteiger partial charge in [0.05, 0.1) is 4.90 Å². The van der Waals surface area contributed by atoms with Gasteiger partial charge in [-0.05, 0) is 81.0 Å². The summed E-state index contributed by atoms with van der Waals surface area (Å²) in [7, 11) is -3.60. The van der Waals surface area contributed by atoms with E-state index in [-0.39, 0.29) is 11.8 Å². The maximum absolute atomic E-state index is 13.3. The van der Waals surface area contributed by atoms with E-state index < -0.39 is 10.0 Å². The van der Waals surface area contributed by atoms with Gasteiger partial charge in [-0.15, -0.1) is 0 Å². The summed E-state index contributed by atoms with van der Waals surface area (Å²) in [5.74, 6) is 5.74. The second-order valence-corrected chi connectivity index (χ2v) is 10.8. The predicted molar refractivity (Wildman–Crippen MR) is 137 cm³/mol. The summed E-state index contributed by atoms with van der Waals surface area (Å²) in [5.41, 5.74) is 4.68. The number of pyridine rings is 1. The Bertz CT molecular complexity index is 1380. The average Bonchev–Trinajstić information content (AvgIpc) is 2.83. The van der Waals surface area contributed by atoms with Crippen LogP contribution in [0.2, 0.25) is 0 Å². The molecule has 7 heteroatoms. The van der Waals surface area contributed by atoms with Crippen molar-refractivity contribution in [2.75, 3.05) is 18.4 Å². The fourth-order valence-corrected chi connectivity index (χ4v) is 6.43. The summed E-state index contributed by atoms with van der Waals surface area (Å²) in [5, 5.41) is 2.97. The molecule has 35 heavy (non-hydrogen) atoms. The molecule has 1 aromatic heterocycles. The molecule has 0 spiro atoms. The zero-order chi connectivity index (χ0) is 25.0. The summed E-state index contributed by atoms with van der Waals surface area (Å²) in [6, 6.07) is 16.7. The van der Waals surface area contributed by atoms with Crippen molar-refractivity contribution >= 4 is 21.6 Å². The Hall–Kier alpha value is -3.47. The minimum absolute atomic E-state index is 0.0976. The molecule has 1 fully saturated rings. The van der Waals surface area contributed by atoms with E-state index in [2.05, 4.69) is 22.1 Å². The Morgan fingerprint density at radius 1 is 0.971 bits per heavy atom. The highest BCUT2D eigenvalue weighted by Crippen LogP contribution is 2.29. The highest BCUT2D eigenvalue weighted by Gasteiger charge is 2.33. The maximum Gasteiger partial charge on any atom is 0.243 e. The molecule has 1 aliphatic rings. The smallest absolute Gasteiger partial charge is 0.243 e. The first-order valence-corrected chi connectivity index (χ1v) is 13.1. The first-order valence-electron chi connectivity index (χ1n) is 11.7. The number of amides is 1. The standard InChI is InChI=1S/C28H29N3O3S/c1-20-17-21(2)27(22(3)18-20)35(33,34)31-15-12-24(13-16-31)28(32)30-26-9-6-7-23(19-26)10-11-25-8-4-5-14-29-25/h4-9,14,17-19,24H,12-13,15-16H2,1-3H3,(H,30,32). The lowest BCUT2D eigenvalue weighted by atomic mass is 9.97. The number of nitrogens with one attached hydrogen (secondary N) is 1. The largest absolute Gasteiger partial charge is 0.326 e. The van der Waals surface area contributed by atoms with Crippen LogP contribution < -0.4 is 5.32 Å². The molecule has 1 N–H and O–H groups in total. The van der Waals surface area contributed by atoms with Crippen LogP contribution in [0.15, 0.2) is 65.7 Å². The van der Waals surface area contributed by atoms with E-state index >= 15 is 0 Å². The highest BCUT2D eigenvalue weighted by molar-refractivity contribution is 7.89. The van der Waals surface area contributed by atoms with Gasteiger partial charge in [0.2, 0.25) is 15.9 Å². The summed E-state index contributed by atoms with van der Waals surface area (Å²) in [4.78, 5) is 17.5. The van der Waals surface area contributed by atoms with E-state index in [0.29, 0.717) is 42.2 Å². The van der Waals surface area contributed by atoms with Gasteiger partial charge in [0.15, 0.2) is 0 Å². The molecule has 0 unspecified atom stereocenters. The van der Waals surface area contributed by atoms with Crippen molar-refractivity contribution in [1.82, 2.24) is 9.29 Å². The summed E-state index contributed by atoms with van der Waals surface area (Å²) >= 11 is 0. The van der Waals surface area contributed by atoms with Gasteiger partial charge in [0, 0.05) is 36.5 Å². The number of carbonyl (C=O) groups excluding carboxylic acids is 1. The minimum Gasteiger partial charge on any atom is -0.326 e. The van der Waals surface area contributed by atoms with Crippen LogP contribution in [0.3, 0.4) is 0 Å². The van der Waals surface area contributed by atoms with Gasteiger partial charge in [-0.1, -0.05) is 35.7 Å². The lowest BCUT2D eigenvalue weighted by molar-refractivity contribution is -0.120. The second-order valence-electron chi connectivity index (χ2n) is 8.94. The monoisotopic (exact) mass is 487 g/mol. The van der Waals surface area contributed by atoms with Crippen LogP contribution in [-0.4, -0.2) is 36.7 Å². The maximum atomic E-state index is 13.3. The van der Waals surface area contributed by atoms with Crippen molar-refractivity contribution in [1.29, 1.82) is 0 Å². The van der Waals surface area contributed by atoms with Crippen molar-refractivity contribution in [2.24, 2.45) is 5.92 Å². The number of hydrogen-bond acceptors (Lipinski definition) is 4. The van der Waals surface area contributed by atoms with Gasteiger partial charge in [-0.2, -0.15) is 4.31 Å². The molecule has 0 aliphatic carbocycles. The van der Waals surface area contributed by atoms with Crippen LogP contribution in [-0.2, 0) is 14.8 Å². The molecule has 1 aliphatic heterocycles. The zero-order valence-corrected chi connectivity index (χ0v) is 21.0. The van der Waals surface area contributed by atoms with Crippen molar-refractivity contribution in [3.8, 4) is 11.8 Å². The van der Waals surface area contributed by atoms with Crippen LogP contribution in [0.25, 0.3) is 0 Å². The van der Waals surface area contributed by atoms with E-state index in [9.17, 15) is 13.2 Å². The van der Waals surface area contributed by atoms with E-state index in [1.165, 1.54) is 4.31 Å². The topological polar surface area (TPSA) is 79.4 Å². The quantitative estimate of drug-likeness (QED) is 0.552. The first-order chi connectivity index (χ1) is 16.7. The average molecular weight is 488 g/mol. The normalized spacial score (nSPS) is 14.7. The number of carbonyl (C=O) groups is 1. The van der Waals surface area contributed by atoms with Crippen molar-refractivity contribution in [2.45, 2.75) is 38.5 Å². The number of sulfonamides is 1. The number of piperidine rings is 1. The molecule has 180 valence electrons. The van der Waals surface area contributed by atoms with Crippen LogP contribution in [0.1, 0.15) is 40.8 Å². The molecule has 2 heterocycles. The number of hydrogen-bond donors (Lipinski definition) is 1. The molecule has 0 atom stereocenters. The third-order valence-corrected chi connectivity index (χ3v) is 8.36. The van der Waals surface area contributed by atoms with Gasteiger partial charge < -0.3 is 5.32 Å². The van der Waals surface area contributed by atoms with E-state index in [1.54, 1.807) is 6.20 Å². The number of anilines is 1. The van der Waals surface area contributed by atoms with Gasteiger partial charge in [-0.3, -0.25) is 4.79 Å². The van der Waals surface area contributed by atoms with Crippen molar-refractivity contribution in [3.63, 3.8) is 0 Å². The Balaban J connectivity index is 1.39. The molecular formula is C28H29N3O3S. The molecule has 0 saturated carbocycles. The summed E-state index contributed by atoms with van der Waals surface area (Å²) < 4.78 is 28.1. The first kappa shape index (κ1) is 24.6. The van der Waals surface area contributed by atoms with Gasteiger partial charge in [0.1, 0.15) is 5.69 Å². The third-order valence-electron chi connectivity index (χ3n) is 6.16. The molecular weight excluding hydrogens is 458 g/mol. The lowest BCUT2D eigenvalue weighted by Crippen LogP contribution is -2.41. The van der Waals surface area contributed by atoms with E-state index in [1.807, 2.05) is 75.4 Å². The molecule has 1 amide bonds. The molecule has 0 bridgehead atoms. The van der Waals surface area contributed by atoms with Crippen LogP contribution >= 0.6 is 0 Å². The Kier molecular flexibility index (Phi) is 7.34. The van der Waals surface area contributed by atoms with Crippen LogP contribution in [0, 0.1) is 38.5 Å². The number of rotatable bonds is 4. The van der Waals surface area contributed by atoms with Crippen molar-refractivity contribution in [3.05, 3.63) is 88.7 Å². The SMILES string of the molecule is Cc1cc(C)c(S(=O)(=O)N2CCC(C(=O)Nc3cccc(C#Cc4ccccn4)c3)CC2)c(C)c1. The summed E-state index contributed by atoms with van der Waals surface area (Å²) in [6.07, 6.45) is 2.66. The van der Waals surface area contributed by atoms with E-state index in [4.69, 9.17) is 0 Å². The fourth-order valence-electron chi connectivity index (χ4n) is 4.55. The summed E-state index contributed by atoms with van der Waals surface area (Å²) in [6.45, 7) is 6.28. The Labute approximate surface area is 207 Å². The molecule has 4 rings (SSSR count). The van der Waals surface area contributed by atoms with Gasteiger partial charge in [0.25, 0.3) is 0 Å². The van der Waals surface area contributed by atoms with E-state index in [0.717, 1.165) is 22.3 Å². The molecule has 3 aromatic rings. The third kappa shape index (κ3) is 5.79. The number of aryl methyl sites for hydroxylation is 3. The van der Waals surface area contributed by atoms with Gasteiger partial charge in [-0.25, -0.2) is 13.4 Å². The van der Waals surface area contributed by atoms with Crippen molar-refractivity contribution < 1.29 is 13.2 Å². The molecule has 2 aromatic carbocycles. The Morgan fingerprint density at radius 3 is 2.34 bits per heavy atom. The number of nitrogens with zero attached hydrogens (tertiary/aromatic N) is 2. The van der Waals surface area contributed by atoms with Crippen LogP contribution in [0.5, 0.6) is 0 Å². The second kappa shape index (κ2) is 10.4. The zero-order valence-electron chi connectivity index (χ0n) is 20.2.